The summed E-state index contributed by atoms with van der Waals surface area (Å²) in [5.41, 5.74) is 7.05. The maximum absolute atomic E-state index is 12.5. The van der Waals surface area contributed by atoms with Crippen LogP contribution in [0.5, 0.6) is 0 Å². The molecule has 0 radical (unpaired) electrons. The van der Waals surface area contributed by atoms with Gasteiger partial charge in [0.15, 0.2) is 0 Å². The van der Waals surface area contributed by atoms with Crippen molar-refractivity contribution in [1.29, 1.82) is 0 Å². The van der Waals surface area contributed by atoms with E-state index in [-0.39, 0.29) is 24.4 Å². The van der Waals surface area contributed by atoms with Gasteiger partial charge in [-0.05, 0) is 53.5 Å². The molecule has 4 rings (SSSR count). The molecular formula is C20H24N2O2. The smallest absolute Gasteiger partial charge is 0.225 e. The van der Waals surface area contributed by atoms with Crippen molar-refractivity contribution in [3.05, 3.63) is 48.0 Å². The van der Waals surface area contributed by atoms with E-state index in [0.717, 1.165) is 35.6 Å². The van der Waals surface area contributed by atoms with Crippen molar-refractivity contribution < 1.29 is 9.90 Å². The second-order valence-electron chi connectivity index (χ2n) is 7.30. The standard InChI is InChI=1S/C20H24N2O2/c21-19-16-8-7-15(10-16)18(19)20(24)22-11-17(23)14-6-5-12-3-1-2-4-13(12)9-14/h1-6,9,15-19,23H,7-8,10-11,21H2,(H,22,24). The van der Waals surface area contributed by atoms with Crippen LogP contribution >= 0.6 is 0 Å². The Balaban J connectivity index is 1.40. The highest BCUT2D eigenvalue weighted by Gasteiger charge is 2.48. The summed E-state index contributed by atoms with van der Waals surface area (Å²) < 4.78 is 0. The van der Waals surface area contributed by atoms with Crippen LogP contribution in [0.15, 0.2) is 42.5 Å². The number of rotatable bonds is 4. The van der Waals surface area contributed by atoms with Crippen molar-refractivity contribution in [2.45, 2.75) is 31.4 Å². The molecule has 5 unspecified atom stereocenters. The molecule has 5 atom stereocenters. The van der Waals surface area contributed by atoms with E-state index >= 15 is 0 Å². The highest BCUT2D eigenvalue weighted by atomic mass is 16.3. The van der Waals surface area contributed by atoms with Crippen LogP contribution in [0.2, 0.25) is 0 Å². The third kappa shape index (κ3) is 2.70. The number of nitrogens with one attached hydrogen (secondary N) is 1. The number of benzene rings is 2. The van der Waals surface area contributed by atoms with E-state index in [1.165, 1.54) is 0 Å². The summed E-state index contributed by atoms with van der Waals surface area (Å²) in [5.74, 6) is 0.876. The molecule has 0 spiro atoms. The third-order valence-electron chi connectivity index (χ3n) is 5.91. The van der Waals surface area contributed by atoms with Crippen molar-refractivity contribution >= 4 is 16.7 Å². The highest BCUT2D eigenvalue weighted by Crippen LogP contribution is 2.47. The van der Waals surface area contributed by atoms with Crippen LogP contribution in [-0.4, -0.2) is 23.6 Å². The molecule has 2 bridgehead atoms. The second-order valence-corrected chi connectivity index (χ2v) is 7.30. The molecule has 2 saturated carbocycles. The lowest BCUT2D eigenvalue weighted by Crippen LogP contribution is -2.46. The number of nitrogens with two attached hydrogens (primary N) is 1. The molecule has 0 aliphatic heterocycles. The van der Waals surface area contributed by atoms with Gasteiger partial charge in [-0.15, -0.1) is 0 Å². The average molecular weight is 324 g/mol. The van der Waals surface area contributed by atoms with Crippen LogP contribution in [0.25, 0.3) is 10.8 Å². The summed E-state index contributed by atoms with van der Waals surface area (Å²) in [6, 6.07) is 13.9. The van der Waals surface area contributed by atoms with Crippen molar-refractivity contribution in [2.75, 3.05) is 6.54 Å². The number of carbonyl (C=O) groups is 1. The minimum atomic E-state index is -0.701. The number of hydrogen-bond donors (Lipinski definition) is 3. The Morgan fingerprint density at radius 2 is 1.92 bits per heavy atom. The molecule has 2 aliphatic carbocycles. The summed E-state index contributed by atoms with van der Waals surface area (Å²) in [5, 5.41) is 15.6. The van der Waals surface area contributed by atoms with E-state index < -0.39 is 6.10 Å². The molecule has 126 valence electrons. The second kappa shape index (κ2) is 6.19. The Hall–Kier alpha value is -1.91. The van der Waals surface area contributed by atoms with Crippen LogP contribution < -0.4 is 11.1 Å². The first-order chi connectivity index (χ1) is 11.6. The van der Waals surface area contributed by atoms with Gasteiger partial charge in [-0.1, -0.05) is 36.4 Å². The van der Waals surface area contributed by atoms with Crippen LogP contribution in [0.1, 0.15) is 30.9 Å². The maximum Gasteiger partial charge on any atom is 0.225 e. The van der Waals surface area contributed by atoms with Gasteiger partial charge in [0.25, 0.3) is 0 Å². The van der Waals surface area contributed by atoms with E-state index in [4.69, 9.17) is 5.73 Å². The normalized spacial score (nSPS) is 29.8. The monoisotopic (exact) mass is 324 g/mol. The van der Waals surface area contributed by atoms with Gasteiger partial charge >= 0.3 is 0 Å². The predicted octanol–water partition coefficient (Wildman–Crippen LogP) is 2.36. The lowest BCUT2D eigenvalue weighted by molar-refractivity contribution is -0.127. The van der Waals surface area contributed by atoms with Gasteiger partial charge in [0, 0.05) is 12.6 Å². The lowest BCUT2D eigenvalue weighted by atomic mass is 9.84. The molecule has 2 aromatic carbocycles. The summed E-state index contributed by atoms with van der Waals surface area (Å²) >= 11 is 0. The number of fused-ring (bicyclic) bond motifs is 3. The first-order valence-electron chi connectivity index (χ1n) is 8.83. The van der Waals surface area contributed by atoms with E-state index in [9.17, 15) is 9.90 Å². The third-order valence-corrected chi connectivity index (χ3v) is 5.91. The zero-order valence-electron chi connectivity index (χ0n) is 13.7. The molecule has 24 heavy (non-hydrogen) atoms. The number of amides is 1. The average Bonchev–Trinajstić information content (AvgIpc) is 3.20. The first kappa shape index (κ1) is 15.6. The molecule has 4 nitrogen and oxygen atoms in total. The van der Waals surface area contributed by atoms with Gasteiger partial charge in [0.1, 0.15) is 0 Å². The summed E-state index contributed by atoms with van der Waals surface area (Å²) in [7, 11) is 0. The Morgan fingerprint density at radius 3 is 2.67 bits per heavy atom. The van der Waals surface area contributed by atoms with Crippen molar-refractivity contribution in [1.82, 2.24) is 5.32 Å². The highest BCUT2D eigenvalue weighted by molar-refractivity contribution is 5.83. The van der Waals surface area contributed by atoms with Gasteiger partial charge < -0.3 is 16.2 Å². The zero-order chi connectivity index (χ0) is 16.7. The first-order valence-corrected chi connectivity index (χ1v) is 8.83. The van der Waals surface area contributed by atoms with Crippen LogP contribution in [-0.2, 0) is 4.79 Å². The van der Waals surface area contributed by atoms with E-state index in [0.29, 0.717) is 11.8 Å². The number of aliphatic hydroxyl groups excluding tert-OH is 1. The summed E-state index contributed by atoms with van der Waals surface area (Å²) in [6.07, 6.45) is 2.67. The largest absolute Gasteiger partial charge is 0.387 e. The summed E-state index contributed by atoms with van der Waals surface area (Å²) in [4.78, 5) is 12.5. The number of aliphatic hydroxyl groups is 1. The van der Waals surface area contributed by atoms with E-state index in [1.54, 1.807) is 0 Å². The van der Waals surface area contributed by atoms with Crippen LogP contribution in [0.3, 0.4) is 0 Å². The molecule has 1 amide bonds. The SMILES string of the molecule is NC1C2CCC(C2)C1C(=O)NCC(O)c1ccc2ccccc2c1. The molecular weight excluding hydrogens is 300 g/mol. The quantitative estimate of drug-likeness (QED) is 0.808. The van der Waals surface area contributed by atoms with E-state index in [1.807, 2.05) is 42.5 Å². The van der Waals surface area contributed by atoms with Gasteiger partial charge in [-0.3, -0.25) is 4.79 Å². The molecule has 4 heteroatoms. The molecule has 2 fully saturated rings. The molecule has 0 heterocycles. The minimum Gasteiger partial charge on any atom is -0.387 e. The zero-order valence-corrected chi connectivity index (χ0v) is 13.7. The van der Waals surface area contributed by atoms with Crippen molar-refractivity contribution in [3.8, 4) is 0 Å². The van der Waals surface area contributed by atoms with E-state index in [2.05, 4.69) is 5.32 Å². The molecule has 2 aliphatic rings. The molecule has 0 saturated heterocycles. The molecule has 4 N–H and O–H groups in total. The maximum atomic E-state index is 12.5. The Labute approximate surface area is 142 Å². The van der Waals surface area contributed by atoms with Crippen molar-refractivity contribution in [2.24, 2.45) is 23.5 Å². The van der Waals surface area contributed by atoms with Gasteiger partial charge in [-0.2, -0.15) is 0 Å². The topological polar surface area (TPSA) is 75.4 Å². The molecule has 2 aromatic rings. The number of hydrogen-bond acceptors (Lipinski definition) is 3. The Kier molecular flexibility index (Phi) is 4.02. The van der Waals surface area contributed by atoms with Gasteiger partial charge in [-0.25, -0.2) is 0 Å². The molecule has 0 aromatic heterocycles. The fourth-order valence-electron chi connectivity index (χ4n) is 4.57. The van der Waals surface area contributed by atoms with Crippen LogP contribution in [0, 0.1) is 17.8 Å². The van der Waals surface area contributed by atoms with Crippen LogP contribution in [0.4, 0.5) is 0 Å². The minimum absolute atomic E-state index is 0.00883. The predicted molar refractivity (Wildman–Crippen MR) is 94.2 cm³/mol. The van der Waals surface area contributed by atoms with Crippen molar-refractivity contribution in [3.63, 3.8) is 0 Å². The Morgan fingerprint density at radius 1 is 1.17 bits per heavy atom. The fourth-order valence-corrected chi connectivity index (χ4v) is 4.57. The lowest BCUT2D eigenvalue weighted by Gasteiger charge is -2.27. The van der Waals surface area contributed by atoms with Gasteiger partial charge in [0.05, 0.1) is 12.0 Å². The summed E-state index contributed by atoms with van der Waals surface area (Å²) in [6.45, 7) is 0.234. The Bertz CT molecular complexity index is 758. The van der Waals surface area contributed by atoms with Gasteiger partial charge in [0.2, 0.25) is 5.91 Å². The fraction of sp³-hybridized carbons (Fsp3) is 0.450. The number of carbonyl (C=O) groups excluding carboxylic acids is 1.